The Kier molecular flexibility index (Phi) is 1.77. The first kappa shape index (κ1) is 9.09. The molecule has 3 rings (SSSR count). The molecule has 0 saturated heterocycles. The molecule has 0 spiro atoms. The van der Waals surface area contributed by atoms with Gasteiger partial charge in [-0.15, -0.1) is 0 Å². The summed E-state index contributed by atoms with van der Waals surface area (Å²) in [5.74, 6) is 0. The number of hydrogen-bond donors (Lipinski definition) is 1. The SMILES string of the molecule is N#CC1(c2cc3c(I)[nH]nc3cn2)CC1. The quantitative estimate of drug-likeness (QED) is 0.821. The fourth-order valence-corrected chi connectivity index (χ4v) is 2.25. The van der Waals surface area contributed by atoms with Crippen molar-refractivity contribution >= 4 is 33.5 Å². The van der Waals surface area contributed by atoms with E-state index in [1.54, 1.807) is 6.20 Å². The van der Waals surface area contributed by atoms with E-state index in [2.05, 4.69) is 43.8 Å². The van der Waals surface area contributed by atoms with Crippen molar-refractivity contribution in [2.75, 3.05) is 0 Å². The summed E-state index contributed by atoms with van der Waals surface area (Å²) in [5, 5.41) is 17.2. The lowest BCUT2D eigenvalue weighted by Crippen LogP contribution is -2.04. The third-order valence-corrected chi connectivity index (χ3v) is 3.67. The van der Waals surface area contributed by atoms with E-state index < -0.39 is 0 Å². The Morgan fingerprint density at radius 2 is 2.33 bits per heavy atom. The van der Waals surface area contributed by atoms with Crippen LogP contribution in [0, 0.1) is 15.0 Å². The Bertz CT molecular complexity index is 577. The monoisotopic (exact) mass is 310 g/mol. The standard InChI is InChI=1S/C10H7IN4/c11-9-6-3-8(10(5-12)1-2-10)13-4-7(6)14-15-9/h3-4H,1-2H2,(H,14,15). The second kappa shape index (κ2) is 2.92. The summed E-state index contributed by atoms with van der Waals surface area (Å²) in [6, 6.07) is 4.33. The summed E-state index contributed by atoms with van der Waals surface area (Å²) < 4.78 is 1.000. The van der Waals surface area contributed by atoms with Crippen molar-refractivity contribution in [2.45, 2.75) is 18.3 Å². The van der Waals surface area contributed by atoms with E-state index in [4.69, 9.17) is 5.26 Å². The number of H-pyrrole nitrogens is 1. The zero-order valence-corrected chi connectivity index (χ0v) is 9.95. The number of fused-ring (bicyclic) bond motifs is 1. The van der Waals surface area contributed by atoms with E-state index in [0.717, 1.165) is 33.1 Å². The van der Waals surface area contributed by atoms with Gasteiger partial charge in [0.15, 0.2) is 0 Å². The molecule has 0 bridgehead atoms. The van der Waals surface area contributed by atoms with E-state index in [-0.39, 0.29) is 5.41 Å². The average Bonchev–Trinajstić information content (AvgIpc) is 2.99. The lowest BCUT2D eigenvalue weighted by atomic mass is 10.0. The molecule has 1 saturated carbocycles. The van der Waals surface area contributed by atoms with Crippen molar-refractivity contribution in [3.63, 3.8) is 0 Å². The summed E-state index contributed by atoms with van der Waals surface area (Å²) in [6.45, 7) is 0. The molecule has 0 atom stereocenters. The van der Waals surface area contributed by atoms with Crippen LogP contribution in [0.25, 0.3) is 10.9 Å². The highest BCUT2D eigenvalue weighted by atomic mass is 127. The fraction of sp³-hybridized carbons (Fsp3) is 0.300. The Labute approximate surface area is 99.8 Å². The maximum absolute atomic E-state index is 9.09. The van der Waals surface area contributed by atoms with E-state index in [1.807, 2.05) is 6.07 Å². The van der Waals surface area contributed by atoms with Crippen LogP contribution in [0.15, 0.2) is 12.3 Å². The molecule has 2 aromatic rings. The molecule has 2 heterocycles. The number of halogens is 1. The van der Waals surface area contributed by atoms with Crippen LogP contribution >= 0.6 is 22.6 Å². The molecular weight excluding hydrogens is 303 g/mol. The van der Waals surface area contributed by atoms with Gasteiger partial charge in [-0.2, -0.15) is 10.4 Å². The van der Waals surface area contributed by atoms with Crippen LogP contribution in [0.2, 0.25) is 0 Å². The number of nitriles is 1. The van der Waals surface area contributed by atoms with Gasteiger partial charge in [0.2, 0.25) is 0 Å². The molecule has 74 valence electrons. The van der Waals surface area contributed by atoms with Crippen LogP contribution in [-0.2, 0) is 5.41 Å². The van der Waals surface area contributed by atoms with E-state index in [9.17, 15) is 0 Å². The molecule has 0 amide bonds. The topological polar surface area (TPSA) is 65.4 Å². The molecule has 0 unspecified atom stereocenters. The molecule has 0 aliphatic heterocycles. The summed E-state index contributed by atoms with van der Waals surface area (Å²) in [4.78, 5) is 4.32. The van der Waals surface area contributed by atoms with Crippen LogP contribution in [0.5, 0.6) is 0 Å². The van der Waals surface area contributed by atoms with Crippen LogP contribution in [0.4, 0.5) is 0 Å². The average molecular weight is 310 g/mol. The number of nitrogens with zero attached hydrogens (tertiary/aromatic N) is 3. The highest BCUT2D eigenvalue weighted by Crippen LogP contribution is 2.47. The Balaban J connectivity index is 2.22. The van der Waals surface area contributed by atoms with Gasteiger partial charge < -0.3 is 0 Å². The van der Waals surface area contributed by atoms with Gasteiger partial charge >= 0.3 is 0 Å². The Hall–Kier alpha value is -1.16. The first-order chi connectivity index (χ1) is 7.25. The van der Waals surface area contributed by atoms with Crippen molar-refractivity contribution in [1.29, 1.82) is 5.26 Å². The summed E-state index contributed by atoms with van der Waals surface area (Å²) in [7, 11) is 0. The number of aromatic amines is 1. The van der Waals surface area contributed by atoms with E-state index in [1.165, 1.54) is 0 Å². The summed E-state index contributed by atoms with van der Waals surface area (Å²) in [6.07, 6.45) is 3.59. The first-order valence-electron chi connectivity index (χ1n) is 4.66. The maximum Gasteiger partial charge on any atom is 0.111 e. The number of nitrogens with one attached hydrogen (secondary N) is 1. The summed E-state index contributed by atoms with van der Waals surface area (Å²) >= 11 is 2.20. The molecule has 1 aliphatic rings. The maximum atomic E-state index is 9.09. The molecule has 1 N–H and O–H groups in total. The van der Waals surface area contributed by atoms with Crippen LogP contribution in [0.3, 0.4) is 0 Å². The normalized spacial score (nSPS) is 17.6. The predicted octanol–water partition coefficient (Wildman–Crippen LogP) is 2.12. The summed E-state index contributed by atoms with van der Waals surface area (Å²) in [5.41, 5.74) is 1.43. The van der Waals surface area contributed by atoms with Gasteiger partial charge in [-0.25, -0.2) is 0 Å². The van der Waals surface area contributed by atoms with Crippen LogP contribution in [-0.4, -0.2) is 15.2 Å². The van der Waals surface area contributed by atoms with E-state index in [0.29, 0.717) is 0 Å². The van der Waals surface area contributed by atoms with Gasteiger partial charge in [0.1, 0.15) is 9.22 Å². The van der Waals surface area contributed by atoms with E-state index >= 15 is 0 Å². The Morgan fingerprint density at radius 1 is 1.53 bits per heavy atom. The molecule has 2 aromatic heterocycles. The fourth-order valence-electron chi connectivity index (χ4n) is 1.69. The number of pyridine rings is 1. The minimum Gasteiger partial charge on any atom is -0.271 e. The lowest BCUT2D eigenvalue weighted by Gasteiger charge is -2.03. The van der Waals surface area contributed by atoms with Gasteiger partial charge in [-0.05, 0) is 41.5 Å². The van der Waals surface area contributed by atoms with Crippen molar-refractivity contribution in [1.82, 2.24) is 15.2 Å². The second-order valence-corrected chi connectivity index (χ2v) is 4.90. The van der Waals surface area contributed by atoms with Gasteiger partial charge in [-0.3, -0.25) is 10.1 Å². The highest BCUT2D eigenvalue weighted by molar-refractivity contribution is 14.1. The van der Waals surface area contributed by atoms with Crippen molar-refractivity contribution in [3.05, 3.63) is 21.7 Å². The first-order valence-corrected chi connectivity index (χ1v) is 5.74. The molecule has 0 aromatic carbocycles. The van der Waals surface area contributed by atoms with Crippen molar-refractivity contribution in [3.8, 4) is 6.07 Å². The van der Waals surface area contributed by atoms with Gasteiger partial charge in [0.05, 0.1) is 23.4 Å². The third kappa shape index (κ3) is 1.24. The van der Waals surface area contributed by atoms with Crippen molar-refractivity contribution in [2.24, 2.45) is 0 Å². The van der Waals surface area contributed by atoms with Crippen LogP contribution in [0.1, 0.15) is 18.5 Å². The second-order valence-electron chi connectivity index (χ2n) is 3.82. The van der Waals surface area contributed by atoms with Crippen molar-refractivity contribution < 1.29 is 0 Å². The zero-order valence-electron chi connectivity index (χ0n) is 7.79. The van der Waals surface area contributed by atoms with Crippen LogP contribution < -0.4 is 0 Å². The minimum atomic E-state index is -0.311. The number of hydrogen-bond acceptors (Lipinski definition) is 3. The molecule has 1 aliphatic carbocycles. The molecule has 1 fully saturated rings. The zero-order chi connectivity index (χ0) is 10.5. The van der Waals surface area contributed by atoms with Gasteiger partial charge in [-0.1, -0.05) is 0 Å². The largest absolute Gasteiger partial charge is 0.271 e. The van der Waals surface area contributed by atoms with Gasteiger partial charge in [0, 0.05) is 5.39 Å². The van der Waals surface area contributed by atoms with Gasteiger partial charge in [0.25, 0.3) is 0 Å². The smallest absolute Gasteiger partial charge is 0.111 e. The molecule has 0 radical (unpaired) electrons. The third-order valence-electron chi connectivity index (χ3n) is 2.85. The number of aromatic nitrogens is 3. The lowest BCUT2D eigenvalue weighted by molar-refractivity contribution is 0.858. The predicted molar refractivity (Wildman–Crippen MR) is 63.1 cm³/mol. The Morgan fingerprint density at radius 3 is 3.00 bits per heavy atom. The minimum absolute atomic E-state index is 0.311. The molecular formula is C10H7IN4. The number of rotatable bonds is 1. The molecule has 4 nitrogen and oxygen atoms in total. The molecule has 5 heteroatoms. The molecule has 15 heavy (non-hydrogen) atoms. The highest BCUT2D eigenvalue weighted by Gasteiger charge is 2.46.